The van der Waals surface area contributed by atoms with Gasteiger partial charge in [-0.25, -0.2) is 0 Å². The molecule has 18 heavy (non-hydrogen) atoms. The molecule has 1 N–H and O–H groups in total. The van der Waals surface area contributed by atoms with Crippen LogP contribution in [0.2, 0.25) is 0 Å². The number of hydrogen-bond donors (Lipinski definition) is 1. The second-order valence-electron chi connectivity index (χ2n) is 4.42. The van der Waals surface area contributed by atoms with E-state index in [9.17, 15) is 4.79 Å². The van der Waals surface area contributed by atoms with Crippen LogP contribution in [0.5, 0.6) is 5.75 Å². The number of nitrogens with one attached hydrogen (secondary N) is 1. The van der Waals surface area contributed by atoms with Crippen LogP contribution in [0.4, 0.5) is 0 Å². The first-order valence-electron chi connectivity index (χ1n) is 5.93. The largest absolute Gasteiger partial charge is 0.495 e. The van der Waals surface area contributed by atoms with Gasteiger partial charge in [0.2, 0.25) is 0 Å². The third kappa shape index (κ3) is 2.87. The average molecular weight is 333 g/mol. The first kappa shape index (κ1) is 13.8. The van der Waals surface area contributed by atoms with Crippen molar-refractivity contribution in [1.82, 2.24) is 10.2 Å². The Labute approximate surface area is 119 Å². The molecule has 100 valence electrons. The molecule has 4 nitrogen and oxygen atoms in total. The van der Waals surface area contributed by atoms with Crippen LogP contribution in [0.3, 0.4) is 0 Å². The Morgan fingerprint density at radius 1 is 1.72 bits per heavy atom. The highest BCUT2D eigenvalue weighted by atomic mass is 79.9. The van der Waals surface area contributed by atoms with Gasteiger partial charge in [-0.05, 0) is 41.9 Å². The van der Waals surface area contributed by atoms with E-state index < -0.39 is 0 Å². The minimum atomic E-state index is 0.114. The van der Waals surface area contributed by atoms with Gasteiger partial charge in [-0.2, -0.15) is 0 Å². The summed E-state index contributed by atoms with van der Waals surface area (Å²) in [4.78, 5) is 15.0. The van der Waals surface area contributed by atoms with Crippen LogP contribution >= 0.6 is 27.3 Å². The summed E-state index contributed by atoms with van der Waals surface area (Å²) in [5.41, 5.74) is 0. The van der Waals surface area contributed by atoms with E-state index in [0.717, 1.165) is 40.5 Å². The van der Waals surface area contributed by atoms with Crippen molar-refractivity contribution in [3.8, 4) is 5.75 Å². The zero-order valence-corrected chi connectivity index (χ0v) is 12.9. The fourth-order valence-electron chi connectivity index (χ4n) is 2.22. The highest BCUT2D eigenvalue weighted by Crippen LogP contribution is 2.35. The minimum absolute atomic E-state index is 0.114. The van der Waals surface area contributed by atoms with E-state index in [-0.39, 0.29) is 5.91 Å². The summed E-state index contributed by atoms with van der Waals surface area (Å²) in [6, 6.07) is 1.81. The lowest BCUT2D eigenvalue weighted by molar-refractivity contribution is 0.0792. The molecule has 0 aromatic carbocycles. The predicted octanol–water partition coefficient (Wildman–Crippen LogP) is 2.20. The molecule has 1 unspecified atom stereocenters. The van der Waals surface area contributed by atoms with Crippen molar-refractivity contribution >= 4 is 33.2 Å². The smallest absolute Gasteiger partial charge is 0.264 e. The first-order valence-corrected chi connectivity index (χ1v) is 7.53. The van der Waals surface area contributed by atoms with E-state index in [4.69, 9.17) is 4.74 Å². The van der Waals surface area contributed by atoms with Gasteiger partial charge in [-0.3, -0.25) is 4.79 Å². The van der Waals surface area contributed by atoms with Crippen molar-refractivity contribution in [1.29, 1.82) is 0 Å². The van der Waals surface area contributed by atoms with Crippen molar-refractivity contribution < 1.29 is 9.53 Å². The molecule has 1 fully saturated rings. The topological polar surface area (TPSA) is 41.6 Å². The highest BCUT2D eigenvalue weighted by Gasteiger charge is 2.27. The number of amides is 1. The van der Waals surface area contributed by atoms with E-state index >= 15 is 0 Å². The third-order valence-electron chi connectivity index (χ3n) is 3.15. The first-order chi connectivity index (χ1) is 8.65. The number of ether oxygens (including phenoxy) is 1. The van der Waals surface area contributed by atoms with Gasteiger partial charge in [0.05, 0.1) is 12.0 Å². The maximum Gasteiger partial charge on any atom is 0.264 e. The maximum atomic E-state index is 12.3. The molecule has 1 aliphatic rings. The molecule has 0 saturated carbocycles. The third-order valence-corrected chi connectivity index (χ3v) is 4.92. The van der Waals surface area contributed by atoms with Gasteiger partial charge in [-0.1, -0.05) is 0 Å². The molecule has 1 atom stereocenters. The summed E-state index contributed by atoms with van der Waals surface area (Å²) in [7, 11) is 3.56. The van der Waals surface area contributed by atoms with Gasteiger partial charge in [0.25, 0.3) is 5.91 Å². The summed E-state index contributed by atoms with van der Waals surface area (Å²) in [5, 5.41) is 3.17. The summed E-state index contributed by atoms with van der Waals surface area (Å²) >= 11 is 4.84. The summed E-state index contributed by atoms with van der Waals surface area (Å²) in [6.45, 7) is 2.67. The van der Waals surface area contributed by atoms with E-state index in [2.05, 4.69) is 21.2 Å². The van der Waals surface area contributed by atoms with Crippen molar-refractivity contribution in [3.63, 3.8) is 0 Å². The minimum Gasteiger partial charge on any atom is -0.495 e. The summed E-state index contributed by atoms with van der Waals surface area (Å²) in [5.74, 6) is 1.42. The van der Waals surface area contributed by atoms with Gasteiger partial charge < -0.3 is 15.0 Å². The Balaban J connectivity index is 2.03. The second-order valence-corrected chi connectivity index (χ2v) is 6.79. The fraction of sp³-hybridized carbons (Fsp3) is 0.583. The van der Waals surface area contributed by atoms with Crippen LogP contribution < -0.4 is 10.1 Å². The number of halogens is 1. The monoisotopic (exact) mass is 332 g/mol. The van der Waals surface area contributed by atoms with Crippen LogP contribution in [0.1, 0.15) is 16.1 Å². The Morgan fingerprint density at radius 3 is 3.11 bits per heavy atom. The lowest BCUT2D eigenvalue weighted by atomic mass is 10.1. The lowest BCUT2D eigenvalue weighted by Gasteiger charge is -2.15. The van der Waals surface area contributed by atoms with Crippen LogP contribution in [0.15, 0.2) is 9.85 Å². The second kappa shape index (κ2) is 6.04. The molecule has 0 spiro atoms. The standard InChI is InChI=1S/C12H17BrN2O2S/c1-14-6-8-3-4-15(7-8)12(16)10-5-9(17-2)11(13)18-10/h5,8,14H,3-4,6-7H2,1-2H3. The predicted molar refractivity (Wildman–Crippen MR) is 76.5 cm³/mol. The van der Waals surface area contributed by atoms with Crippen molar-refractivity contribution in [2.24, 2.45) is 5.92 Å². The van der Waals surface area contributed by atoms with Crippen LogP contribution in [-0.4, -0.2) is 44.6 Å². The number of carbonyl (C=O) groups excluding carboxylic acids is 1. The lowest BCUT2D eigenvalue weighted by Crippen LogP contribution is -2.29. The van der Waals surface area contributed by atoms with E-state index in [1.807, 2.05) is 18.0 Å². The molecule has 2 heterocycles. The summed E-state index contributed by atoms with van der Waals surface area (Å²) in [6.07, 6.45) is 1.08. The van der Waals surface area contributed by atoms with Crippen molar-refractivity contribution in [2.75, 3.05) is 33.8 Å². The molecule has 1 saturated heterocycles. The van der Waals surface area contributed by atoms with Gasteiger partial charge in [-0.15, -0.1) is 11.3 Å². The molecule has 2 rings (SSSR count). The number of rotatable bonds is 4. The van der Waals surface area contributed by atoms with Crippen LogP contribution in [-0.2, 0) is 0 Å². The van der Waals surface area contributed by atoms with E-state index in [1.54, 1.807) is 7.11 Å². The fourth-order valence-corrected chi connectivity index (χ4v) is 3.84. The zero-order valence-electron chi connectivity index (χ0n) is 10.5. The number of carbonyl (C=O) groups is 1. The highest BCUT2D eigenvalue weighted by molar-refractivity contribution is 9.11. The Kier molecular flexibility index (Phi) is 4.64. The van der Waals surface area contributed by atoms with Gasteiger partial charge in [0.15, 0.2) is 0 Å². The molecule has 6 heteroatoms. The van der Waals surface area contributed by atoms with Crippen LogP contribution in [0, 0.1) is 5.92 Å². The number of thiophene rings is 1. The Hall–Kier alpha value is -0.590. The average Bonchev–Trinajstić information content (AvgIpc) is 2.95. The van der Waals surface area contributed by atoms with Gasteiger partial charge in [0, 0.05) is 19.2 Å². The van der Waals surface area contributed by atoms with Crippen molar-refractivity contribution in [2.45, 2.75) is 6.42 Å². The molecular weight excluding hydrogens is 316 g/mol. The Bertz CT molecular complexity index is 436. The normalized spacial score (nSPS) is 19.3. The number of nitrogens with zero attached hydrogens (tertiary/aromatic N) is 1. The molecule has 0 radical (unpaired) electrons. The molecule has 0 aliphatic carbocycles. The van der Waals surface area contributed by atoms with E-state index in [0.29, 0.717) is 5.92 Å². The summed E-state index contributed by atoms with van der Waals surface area (Å²) < 4.78 is 6.06. The van der Waals surface area contributed by atoms with Gasteiger partial charge in [0.1, 0.15) is 9.54 Å². The zero-order chi connectivity index (χ0) is 13.1. The molecule has 1 aromatic heterocycles. The van der Waals surface area contributed by atoms with Gasteiger partial charge >= 0.3 is 0 Å². The van der Waals surface area contributed by atoms with Crippen molar-refractivity contribution in [3.05, 3.63) is 14.7 Å². The number of likely N-dealkylation sites (tertiary alicyclic amines) is 1. The Morgan fingerprint density at radius 2 is 2.50 bits per heavy atom. The maximum absolute atomic E-state index is 12.3. The molecule has 0 bridgehead atoms. The number of hydrogen-bond acceptors (Lipinski definition) is 4. The molecular formula is C12H17BrN2O2S. The molecule has 1 aromatic rings. The van der Waals surface area contributed by atoms with Crippen LogP contribution in [0.25, 0.3) is 0 Å². The number of methoxy groups -OCH3 is 1. The quantitative estimate of drug-likeness (QED) is 0.919. The SMILES string of the molecule is CNCC1CCN(C(=O)c2cc(OC)c(Br)s2)C1. The molecule has 1 amide bonds. The van der Waals surface area contributed by atoms with E-state index in [1.165, 1.54) is 11.3 Å². The molecule has 1 aliphatic heterocycles.